The number of hydrogen-bond acceptors (Lipinski definition) is 4. The summed E-state index contributed by atoms with van der Waals surface area (Å²) in [6, 6.07) is 4.25. The zero-order valence-corrected chi connectivity index (χ0v) is 14.3. The van der Waals surface area contributed by atoms with E-state index in [1.165, 1.54) is 25.3 Å². The molecular formula is C15H24N2O4S. The molecule has 0 heterocycles. The van der Waals surface area contributed by atoms with Crippen molar-refractivity contribution in [2.45, 2.75) is 32.1 Å². The number of nitrogens with one attached hydrogen (secondary N) is 2. The second-order valence-corrected chi connectivity index (χ2v) is 7.07. The molecule has 124 valence electrons. The van der Waals surface area contributed by atoms with Crippen LogP contribution in [0.15, 0.2) is 23.1 Å². The molecule has 0 spiro atoms. The average molecular weight is 328 g/mol. The Labute approximate surface area is 132 Å². The van der Waals surface area contributed by atoms with Crippen LogP contribution in [-0.4, -0.2) is 34.5 Å². The zero-order valence-electron chi connectivity index (χ0n) is 13.5. The Morgan fingerprint density at radius 3 is 2.55 bits per heavy atom. The Hall–Kier alpha value is -1.60. The standard InChI is InChI=1S/C15H24N2O4S/c1-5-16-15(18)13-10-12(6-7-14(13)21-4)22(19,20)17-9-8-11(2)3/h6-7,10-11,17H,5,8-9H2,1-4H3,(H,16,18). The number of amides is 1. The summed E-state index contributed by atoms with van der Waals surface area (Å²) in [6.07, 6.45) is 0.749. The van der Waals surface area contributed by atoms with Gasteiger partial charge in [0.1, 0.15) is 5.75 Å². The van der Waals surface area contributed by atoms with Gasteiger partial charge in [-0.15, -0.1) is 0 Å². The molecule has 0 saturated heterocycles. The molecule has 1 aromatic carbocycles. The maximum Gasteiger partial charge on any atom is 0.255 e. The van der Waals surface area contributed by atoms with E-state index in [-0.39, 0.29) is 16.4 Å². The topological polar surface area (TPSA) is 84.5 Å². The minimum absolute atomic E-state index is 0.0540. The first-order valence-electron chi connectivity index (χ1n) is 7.27. The van der Waals surface area contributed by atoms with E-state index in [0.29, 0.717) is 24.8 Å². The average Bonchev–Trinajstić information content (AvgIpc) is 2.46. The fourth-order valence-electron chi connectivity index (χ4n) is 1.85. The molecule has 0 bridgehead atoms. The lowest BCUT2D eigenvalue weighted by molar-refractivity contribution is 0.0952. The number of benzene rings is 1. The van der Waals surface area contributed by atoms with Crippen LogP contribution in [0.25, 0.3) is 0 Å². The Balaban J connectivity index is 3.04. The van der Waals surface area contributed by atoms with Gasteiger partial charge >= 0.3 is 0 Å². The highest BCUT2D eigenvalue weighted by Gasteiger charge is 2.19. The first-order valence-corrected chi connectivity index (χ1v) is 8.76. The van der Waals surface area contributed by atoms with Gasteiger partial charge in [-0.2, -0.15) is 0 Å². The van der Waals surface area contributed by atoms with Gasteiger partial charge in [0, 0.05) is 13.1 Å². The summed E-state index contributed by atoms with van der Waals surface area (Å²) in [7, 11) is -2.20. The molecule has 0 fully saturated rings. The van der Waals surface area contributed by atoms with E-state index < -0.39 is 10.0 Å². The maximum atomic E-state index is 12.3. The summed E-state index contributed by atoms with van der Waals surface area (Å²) in [6.45, 7) is 6.65. The Morgan fingerprint density at radius 2 is 2.00 bits per heavy atom. The first-order chi connectivity index (χ1) is 10.3. The minimum Gasteiger partial charge on any atom is -0.496 e. The second-order valence-electron chi connectivity index (χ2n) is 5.30. The van der Waals surface area contributed by atoms with Crippen molar-refractivity contribution in [1.29, 1.82) is 0 Å². The molecule has 6 nitrogen and oxygen atoms in total. The highest BCUT2D eigenvalue weighted by atomic mass is 32.2. The number of hydrogen-bond donors (Lipinski definition) is 2. The predicted octanol–water partition coefficient (Wildman–Crippen LogP) is 1.77. The van der Waals surface area contributed by atoms with Crippen molar-refractivity contribution in [1.82, 2.24) is 10.0 Å². The third-order valence-corrected chi connectivity index (χ3v) is 4.54. The fraction of sp³-hybridized carbons (Fsp3) is 0.533. The lowest BCUT2D eigenvalue weighted by atomic mass is 10.1. The molecule has 2 N–H and O–H groups in total. The minimum atomic E-state index is -3.64. The molecule has 0 atom stereocenters. The number of methoxy groups -OCH3 is 1. The van der Waals surface area contributed by atoms with Crippen molar-refractivity contribution < 1.29 is 17.9 Å². The summed E-state index contributed by atoms with van der Waals surface area (Å²) in [4.78, 5) is 12.1. The highest BCUT2D eigenvalue weighted by molar-refractivity contribution is 7.89. The van der Waals surface area contributed by atoms with Crippen LogP contribution in [0.4, 0.5) is 0 Å². The van der Waals surface area contributed by atoms with E-state index in [2.05, 4.69) is 10.0 Å². The molecule has 0 aromatic heterocycles. The molecule has 0 unspecified atom stereocenters. The maximum absolute atomic E-state index is 12.3. The lowest BCUT2D eigenvalue weighted by Crippen LogP contribution is -2.27. The molecule has 1 amide bonds. The van der Waals surface area contributed by atoms with Crippen LogP contribution in [-0.2, 0) is 10.0 Å². The van der Waals surface area contributed by atoms with Crippen molar-refractivity contribution in [2.24, 2.45) is 5.92 Å². The summed E-state index contributed by atoms with van der Waals surface area (Å²) in [5, 5.41) is 2.64. The van der Waals surface area contributed by atoms with Crippen LogP contribution in [0.2, 0.25) is 0 Å². The van der Waals surface area contributed by atoms with E-state index in [1.807, 2.05) is 13.8 Å². The van der Waals surface area contributed by atoms with Crippen molar-refractivity contribution in [2.75, 3.05) is 20.2 Å². The molecule has 1 aromatic rings. The smallest absolute Gasteiger partial charge is 0.255 e. The molecule has 0 aliphatic rings. The van der Waals surface area contributed by atoms with Gasteiger partial charge < -0.3 is 10.1 Å². The molecule has 22 heavy (non-hydrogen) atoms. The van der Waals surface area contributed by atoms with Gasteiger partial charge in [0.05, 0.1) is 17.6 Å². The third kappa shape index (κ3) is 4.99. The Kier molecular flexibility index (Phi) is 6.83. The summed E-state index contributed by atoms with van der Waals surface area (Å²) < 4.78 is 32.2. The van der Waals surface area contributed by atoms with Crippen molar-refractivity contribution in [3.05, 3.63) is 23.8 Å². The van der Waals surface area contributed by atoms with E-state index in [1.54, 1.807) is 6.92 Å². The van der Waals surface area contributed by atoms with Crippen LogP contribution < -0.4 is 14.8 Å². The molecule has 0 aliphatic carbocycles. The number of ether oxygens (including phenoxy) is 1. The van der Waals surface area contributed by atoms with E-state index in [4.69, 9.17) is 4.74 Å². The SMILES string of the molecule is CCNC(=O)c1cc(S(=O)(=O)NCCC(C)C)ccc1OC. The molecule has 0 saturated carbocycles. The van der Waals surface area contributed by atoms with E-state index >= 15 is 0 Å². The van der Waals surface area contributed by atoms with Crippen LogP contribution in [0.1, 0.15) is 37.6 Å². The van der Waals surface area contributed by atoms with Crippen LogP contribution in [0.3, 0.4) is 0 Å². The largest absolute Gasteiger partial charge is 0.496 e. The van der Waals surface area contributed by atoms with Gasteiger partial charge in [-0.1, -0.05) is 13.8 Å². The van der Waals surface area contributed by atoms with Crippen LogP contribution in [0.5, 0.6) is 5.75 Å². The fourth-order valence-corrected chi connectivity index (χ4v) is 2.93. The van der Waals surface area contributed by atoms with Crippen molar-refractivity contribution in [3.8, 4) is 5.75 Å². The number of carbonyl (C=O) groups excluding carboxylic acids is 1. The van der Waals surface area contributed by atoms with Gasteiger partial charge in [-0.25, -0.2) is 13.1 Å². The normalized spacial score (nSPS) is 11.5. The number of carbonyl (C=O) groups is 1. The van der Waals surface area contributed by atoms with Gasteiger partial charge in [0.25, 0.3) is 5.91 Å². The Bertz CT molecular complexity index is 612. The molecule has 0 aliphatic heterocycles. The van der Waals surface area contributed by atoms with Gasteiger partial charge in [0.2, 0.25) is 10.0 Å². The predicted molar refractivity (Wildman–Crippen MR) is 85.6 cm³/mol. The highest BCUT2D eigenvalue weighted by Crippen LogP contribution is 2.22. The van der Waals surface area contributed by atoms with Crippen LogP contribution in [0, 0.1) is 5.92 Å². The molecule has 7 heteroatoms. The van der Waals surface area contributed by atoms with Gasteiger partial charge in [-0.3, -0.25) is 4.79 Å². The van der Waals surface area contributed by atoms with Crippen LogP contribution >= 0.6 is 0 Å². The molecular weight excluding hydrogens is 304 g/mol. The summed E-state index contributed by atoms with van der Waals surface area (Å²) in [5.41, 5.74) is 0.205. The lowest BCUT2D eigenvalue weighted by Gasteiger charge is -2.12. The van der Waals surface area contributed by atoms with Crippen molar-refractivity contribution in [3.63, 3.8) is 0 Å². The second kappa shape index (κ2) is 8.14. The summed E-state index contributed by atoms with van der Waals surface area (Å²) >= 11 is 0. The number of rotatable bonds is 8. The Morgan fingerprint density at radius 1 is 1.32 bits per heavy atom. The molecule has 0 radical (unpaired) electrons. The van der Waals surface area contributed by atoms with E-state index in [9.17, 15) is 13.2 Å². The zero-order chi connectivity index (χ0) is 16.8. The third-order valence-electron chi connectivity index (χ3n) is 3.08. The summed E-state index contributed by atoms with van der Waals surface area (Å²) in [5.74, 6) is 0.384. The van der Waals surface area contributed by atoms with Gasteiger partial charge in [0.15, 0.2) is 0 Å². The van der Waals surface area contributed by atoms with Crippen molar-refractivity contribution >= 4 is 15.9 Å². The first kappa shape index (κ1) is 18.4. The number of sulfonamides is 1. The van der Waals surface area contributed by atoms with Gasteiger partial charge in [-0.05, 0) is 37.5 Å². The monoisotopic (exact) mass is 328 g/mol. The molecule has 1 rings (SSSR count). The quantitative estimate of drug-likeness (QED) is 0.762. The van der Waals surface area contributed by atoms with E-state index in [0.717, 1.165) is 6.42 Å².